The zero-order chi connectivity index (χ0) is 19.4. The van der Waals surface area contributed by atoms with Crippen LogP contribution in [-0.2, 0) is 23.9 Å². The molecule has 2 aliphatic rings. The maximum atomic E-state index is 13.0. The summed E-state index contributed by atoms with van der Waals surface area (Å²) in [5, 5.41) is 2.99. The van der Waals surface area contributed by atoms with Gasteiger partial charge in [0.05, 0.1) is 23.8 Å². The van der Waals surface area contributed by atoms with Crippen LogP contribution in [0.5, 0.6) is 0 Å². The molecule has 0 bridgehead atoms. The minimum absolute atomic E-state index is 0.0389. The van der Waals surface area contributed by atoms with Crippen LogP contribution in [0, 0.1) is 11.3 Å². The van der Waals surface area contributed by atoms with E-state index in [-0.39, 0.29) is 42.8 Å². The molecule has 2 atom stereocenters. The smallest absolute Gasteiger partial charge is 0.309 e. The topological polar surface area (TPSA) is 81.7 Å². The van der Waals surface area contributed by atoms with Crippen molar-refractivity contribution in [3.63, 3.8) is 0 Å². The summed E-state index contributed by atoms with van der Waals surface area (Å²) in [7, 11) is 0. The molecule has 6 nitrogen and oxygen atoms in total. The summed E-state index contributed by atoms with van der Waals surface area (Å²) in [6, 6.07) is -0.251. The number of amides is 1. The second kappa shape index (κ2) is 8.40. The van der Waals surface area contributed by atoms with E-state index in [1.807, 2.05) is 27.7 Å². The number of hydrogen-bond donors (Lipinski definition) is 1. The van der Waals surface area contributed by atoms with E-state index in [1.54, 1.807) is 0 Å². The predicted octanol–water partition coefficient (Wildman–Crippen LogP) is 3.13. The highest BCUT2D eigenvalue weighted by Crippen LogP contribution is 2.45. The van der Waals surface area contributed by atoms with Crippen LogP contribution in [0.15, 0.2) is 0 Å². The number of nitrogens with one attached hydrogen (secondary N) is 1. The van der Waals surface area contributed by atoms with E-state index in [2.05, 4.69) is 5.32 Å². The molecule has 26 heavy (non-hydrogen) atoms. The van der Waals surface area contributed by atoms with Crippen LogP contribution in [0.2, 0.25) is 0 Å². The average molecular weight is 367 g/mol. The van der Waals surface area contributed by atoms with Crippen LogP contribution in [0.25, 0.3) is 0 Å². The molecule has 1 heterocycles. The molecule has 2 fully saturated rings. The Morgan fingerprint density at radius 2 is 1.96 bits per heavy atom. The lowest BCUT2D eigenvalue weighted by Gasteiger charge is -2.33. The maximum absolute atomic E-state index is 13.0. The third-order valence-electron chi connectivity index (χ3n) is 5.25. The number of ether oxygens (including phenoxy) is 2. The fourth-order valence-electron chi connectivity index (χ4n) is 4.03. The van der Waals surface area contributed by atoms with Gasteiger partial charge >= 0.3 is 11.9 Å². The summed E-state index contributed by atoms with van der Waals surface area (Å²) in [4.78, 5) is 37.0. The first kappa shape index (κ1) is 20.7. The lowest BCUT2D eigenvalue weighted by molar-refractivity contribution is -0.162. The van der Waals surface area contributed by atoms with Crippen molar-refractivity contribution in [1.82, 2.24) is 5.32 Å². The van der Waals surface area contributed by atoms with Gasteiger partial charge in [0.2, 0.25) is 5.91 Å². The second-order valence-electron chi connectivity index (χ2n) is 8.77. The van der Waals surface area contributed by atoms with Crippen LogP contribution < -0.4 is 5.32 Å². The number of hydrogen-bond acceptors (Lipinski definition) is 5. The van der Waals surface area contributed by atoms with Crippen LogP contribution in [0.4, 0.5) is 0 Å². The molecule has 0 aromatic carbocycles. The maximum Gasteiger partial charge on any atom is 0.309 e. The molecule has 0 radical (unpaired) electrons. The van der Waals surface area contributed by atoms with Crippen molar-refractivity contribution in [3.05, 3.63) is 0 Å². The molecule has 1 amide bonds. The Morgan fingerprint density at radius 3 is 2.46 bits per heavy atom. The standard InChI is InChI=1S/C20H33NO5/c1-5-8-14(17(23)26-19(2,3)4)12-20(9-6-7-10-20)18(24)21-15-11-16(22)25-13-15/h14-15H,5-13H2,1-4H3,(H,21,24). The molecular weight excluding hydrogens is 334 g/mol. The molecule has 2 unspecified atom stereocenters. The summed E-state index contributed by atoms with van der Waals surface area (Å²) < 4.78 is 10.5. The van der Waals surface area contributed by atoms with E-state index >= 15 is 0 Å². The van der Waals surface area contributed by atoms with Gasteiger partial charge in [-0.2, -0.15) is 0 Å². The fraction of sp³-hybridized carbons (Fsp3) is 0.850. The zero-order valence-corrected chi connectivity index (χ0v) is 16.6. The van der Waals surface area contributed by atoms with Crippen molar-refractivity contribution in [2.45, 2.75) is 90.7 Å². The number of esters is 2. The SMILES string of the molecule is CCCC(CC1(C(=O)NC2COC(=O)C2)CCCC1)C(=O)OC(C)(C)C. The van der Waals surface area contributed by atoms with Gasteiger partial charge in [0.25, 0.3) is 0 Å². The Kier molecular flexibility index (Phi) is 6.69. The average Bonchev–Trinajstić information content (AvgIpc) is 3.15. The van der Waals surface area contributed by atoms with Crippen molar-refractivity contribution < 1.29 is 23.9 Å². The molecule has 0 spiro atoms. The first-order chi connectivity index (χ1) is 12.1. The molecule has 0 aromatic heterocycles. The van der Waals surface area contributed by atoms with Gasteiger partial charge in [-0.25, -0.2) is 0 Å². The number of cyclic esters (lactones) is 1. The van der Waals surface area contributed by atoms with Gasteiger partial charge in [0.15, 0.2) is 0 Å². The Bertz CT molecular complexity index is 531. The van der Waals surface area contributed by atoms with Gasteiger partial charge in [-0.3, -0.25) is 14.4 Å². The molecule has 1 aliphatic carbocycles. The van der Waals surface area contributed by atoms with E-state index < -0.39 is 11.0 Å². The third kappa shape index (κ3) is 5.45. The highest BCUT2D eigenvalue weighted by Gasteiger charge is 2.45. The molecular formula is C20H33NO5. The highest BCUT2D eigenvalue weighted by atomic mass is 16.6. The van der Waals surface area contributed by atoms with E-state index in [4.69, 9.17) is 9.47 Å². The van der Waals surface area contributed by atoms with E-state index in [1.165, 1.54) is 0 Å². The second-order valence-corrected chi connectivity index (χ2v) is 8.77. The molecule has 1 saturated heterocycles. The van der Waals surface area contributed by atoms with E-state index in [9.17, 15) is 14.4 Å². The number of carbonyl (C=O) groups excluding carboxylic acids is 3. The summed E-state index contributed by atoms with van der Waals surface area (Å²) in [6.07, 6.45) is 5.87. The molecule has 148 valence electrons. The summed E-state index contributed by atoms with van der Waals surface area (Å²) >= 11 is 0. The van der Waals surface area contributed by atoms with Crippen LogP contribution in [0.3, 0.4) is 0 Å². The molecule has 2 rings (SSSR count). The largest absolute Gasteiger partial charge is 0.463 e. The van der Waals surface area contributed by atoms with Crippen molar-refractivity contribution in [2.75, 3.05) is 6.61 Å². The lowest BCUT2D eigenvalue weighted by atomic mass is 9.75. The Morgan fingerprint density at radius 1 is 1.31 bits per heavy atom. The summed E-state index contributed by atoms with van der Waals surface area (Å²) in [6.45, 7) is 7.88. The third-order valence-corrected chi connectivity index (χ3v) is 5.25. The summed E-state index contributed by atoms with van der Waals surface area (Å²) in [5.74, 6) is -0.793. The van der Waals surface area contributed by atoms with Gasteiger partial charge in [-0.1, -0.05) is 26.2 Å². The summed E-state index contributed by atoms with van der Waals surface area (Å²) in [5.41, 5.74) is -1.07. The molecule has 1 N–H and O–H groups in total. The fourth-order valence-corrected chi connectivity index (χ4v) is 4.03. The normalized spacial score (nSPS) is 23.4. The van der Waals surface area contributed by atoms with Crippen LogP contribution in [-0.4, -0.2) is 36.1 Å². The number of rotatable bonds is 7. The number of carbonyl (C=O) groups is 3. The molecule has 1 saturated carbocycles. The van der Waals surface area contributed by atoms with Crippen molar-refractivity contribution >= 4 is 17.8 Å². The quantitative estimate of drug-likeness (QED) is 0.699. The molecule has 0 aromatic rings. The van der Waals surface area contributed by atoms with Crippen molar-refractivity contribution in [2.24, 2.45) is 11.3 Å². The minimum atomic E-state index is -0.539. The van der Waals surface area contributed by atoms with Gasteiger partial charge in [-0.05, 0) is 46.5 Å². The van der Waals surface area contributed by atoms with Gasteiger partial charge < -0.3 is 14.8 Å². The monoisotopic (exact) mass is 367 g/mol. The van der Waals surface area contributed by atoms with Crippen molar-refractivity contribution in [1.29, 1.82) is 0 Å². The first-order valence-corrected chi connectivity index (χ1v) is 9.85. The predicted molar refractivity (Wildman–Crippen MR) is 97.3 cm³/mol. The van der Waals surface area contributed by atoms with Crippen molar-refractivity contribution in [3.8, 4) is 0 Å². The van der Waals surface area contributed by atoms with Gasteiger partial charge in [0.1, 0.15) is 12.2 Å². The van der Waals surface area contributed by atoms with E-state index in [0.717, 1.165) is 38.5 Å². The Hall–Kier alpha value is -1.59. The Balaban J connectivity index is 2.09. The molecule has 6 heteroatoms. The lowest BCUT2D eigenvalue weighted by Crippen LogP contribution is -2.46. The Labute approximate surface area is 156 Å². The first-order valence-electron chi connectivity index (χ1n) is 9.85. The highest BCUT2D eigenvalue weighted by molar-refractivity contribution is 5.85. The van der Waals surface area contributed by atoms with E-state index in [0.29, 0.717) is 6.42 Å². The van der Waals surface area contributed by atoms with Crippen LogP contribution >= 0.6 is 0 Å². The van der Waals surface area contributed by atoms with Gasteiger partial charge in [0, 0.05) is 0 Å². The zero-order valence-electron chi connectivity index (χ0n) is 16.6. The minimum Gasteiger partial charge on any atom is -0.463 e. The molecule has 1 aliphatic heterocycles. The van der Waals surface area contributed by atoms with Gasteiger partial charge in [-0.15, -0.1) is 0 Å². The van der Waals surface area contributed by atoms with Crippen LogP contribution in [0.1, 0.15) is 79.1 Å².